The third-order valence-corrected chi connectivity index (χ3v) is 4.37. The normalized spacial score (nSPS) is 17.8. The van der Waals surface area contributed by atoms with E-state index in [1.54, 1.807) is 14.2 Å². The summed E-state index contributed by atoms with van der Waals surface area (Å²) in [6.07, 6.45) is 1.85. The van der Waals surface area contributed by atoms with Crippen LogP contribution in [0.1, 0.15) is 36.0 Å². The van der Waals surface area contributed by atoms with Crippen LogP contribution >= 0.6 is 0 Å². The lowest BCUT2D eigenvalue weighted by Crippen LogP contribution is -2.38. The summed E-state index contributed by atoms with van der Waals surface area (Å²) >= 11 is 0. The van der Waals surface area contributed by atoms with E-state index >= 15 is 0 Å². The van der Waals surface area contributed by atoms with Gasteiger partial charge in [0.25, 0.3) is 0 Å². The van der Waals surface area contributed by atoms with E-state index in [0.29, 0.717) is 44.3 Å². The molecule has 1 aromatic carbocycles. The number of hydrogen-bond donors (Lipinski definition) is 0. The third kappa shape index (κ3) is 4.36. The molecule has 7 nitrogen and oxygen atoms in total. The minimum absolute atomic E-state index is 0.0760. The van der Waals surface area contributed by atoms with Gasteiger partial charge in [-0.2, -0.15) is 4.98 Å². The van der Waals surface area contributed by atoms with Crippen LogP contribution in [-0.2, 0) is 22.5 Å². The molecule has 2 aromatic rings. The van der Waals surface area contributed by atoms with Crippen molar-refractivity contribution in [2.75, 3.05) is 27.4 Å². The molecule has 134 valence electrons. The fraction of sp³-hybridized carbons (Fsp3) is 0.500. The van der Waals surface area contributed by atoms with Gasteiger partial charge in [0.1, 0.15) is 5.75 Å². The molecule has 1 saturated heterocycles. The highest BCUT2D eigenvalue weighted by atomic mass is 16.5. The molecule has 0 N–H and O–H groups in total. The standard InChI is InChI=1S/C18H23N3O4/c1-23-9-8-16-19-18(25-20-16)14-6-7-17(22)21(12-14)11-13-4-3-5-15(10-13)24-2/h3-5,10,14H,6-9,11-12H2,1-2H3. The smallest absolute Gasteiger partial charge is 0.231 e. The van der Waals surface area contributed by atoms with Crippen molar-refractivity contribution in [3.63, 3.8) is 0 Å². The molecular weight excluding hydrogens is 322 g/mol. The van der Waals surface area contributed by atoms with Crippen molar-refractivity contribution in [3.8, 4) is 5.75 Å². The number of carbonyl (C=O) groups excluding carboxylic acids is 1. The second kappa shape index (κ2) is 8.11. The Labute approximate surface area is 146 Å². The molecular formula is C18H23N3O4. The summed E-state index contributed by atoms with van der Waals surface area (Å²) in [5.74, 6) is 2.27. The lowest BCUT2D eigenvalue weighted by molar-refractivity contribution is -0.134. The Bertz CT molecular complexity index is 716. The summed E-state index contributed by atoms with van der Waals surface area (Å²) in [5, 5.41) is 3.99. The number of rotatable bonds is 7. The summed E-state index contributed by atoms with van der Waals surface area (Å²) in [6, 6.07) is 7.77. The zero-order chi connectivity index (χ0) is 17.6. The zero-order valence-electron chi connectivity index (χ0n) is 14.6. The highest BCUT2D eigenvalue weighted by molar-refractivity contribution is 5.77. The van der Waals surface area contributed by atoms with E-state index in [1.165, 1.54) is 0 Å². The van der Waals surface area contributed by atoms with E-state index in [4.69, 9.17) is 14.0 Å². The Morgan fingerprint density at radius 3 is 3.04 bits per heavy atom. The van der Waals surface area contributed by atoms with Gasteiger partial charge in [0.05, 0.1) is 19.6 Å². The predicted molar refractivity (Wildman–Crippen MR) is 90.3 cm³/mol. The minimum atomic E-state index is 0.0760. The quantitative estimate of drug-likeness (QED) is 0.765. The van der Waals surface area contributed by atoms with E-state index in [9.17, 15) is 4.79 Å². The molecule has 2 heterocycles. The average molecular weight is 345 g/mol. The summed E-state index contributed by atoms with van der Waals surface area (Å²) in [7, 11) is 3.28. The van der Waals surface area contributed by atoms with Crippen molar-refractivity contribution < 1.29 is 18.8 Å². The maximum absolute atomic E-state index is 12.3. The van der Waals surface area contributed by atoms with Gasteiger partial charge in [0.15, 0.2) is 5.82 Å². The second-order valence-corrected chi connectivity index (χ2v) is 6.15. The van der Waals surface area contributed by atoms with Gasteiger partial charge in [-0.25, -0.2) is 0 Å². The van der Waals surface area contributed by atoms with Crippen LogP contribution in [0.4, 0.5) is 0 Å². The molecule has 0 saturated carbocycles. The third-order valence-electron chi connectivity index (χ3n) is 4.37. The first kappa shape index (κ1) is 17.4. The van der Waals surface area contributed by atoms with Crippen LogP contribution < -0.4 is 4.74 Å². The molecule has 1 aliphatic rings. The van der Waals surface area contributed by atoms with Crippen LogP contribution in [0.15, 0.2) is 28.8 Å². The van der Waals surface area contributed by atoms with Crippen LogP contribution in [-0.4, -0.2) is 48.3 Å². The van der Waals surface area contributed by atoms with Crippen LogP contribution in [0.5, 0.6) is 5.75 Å². The first-order chi connectivity index (χ1) is 12.2. The number of ether oxygens (including phenoxy) is 2. The molecule has 1 fully saturated rings. The number of hydrogen-bond acceptors (Lipinski definition) is 6. The molecule has 1 atom stereocenters. The van der Waals surface area contributed by atoms with Crippen LogP contribution in [0, 0.1) is 0 Å². The van der Waals surface area contributed by atoms with Crippen LogP contribution in [0.2, 0.25) is 0 Å². The molecule has 0 radical (unpaired) electrons. The van der Waals surface area contributed by atoms with E-state index < -0.39 is 0 Å². The Balaban J connectivity index is 1.66. The van der Waals surface area contributed by atoms with Gasteiger partial charge in [-0.15, -0.1) is 0 Å². The Morgan fingerprint density at radius 1 is 1.36 bits per heavy atom. The average Bonchev–Trinajstić information content (AvgIpc) is 3.11. The number of likely N-dealkylation sites (tertiary alicyclic amines) is 1. The molecule has 0 spiro atoms. The van der Waals surface area contributed by atoms with Gasteiger partial charge in [-0.1, -0.05) is 17.3 Å². The van der Waals surface area contributed by atoms with E-state index in [0.717, 1.165) is 17.7 Å². The maximum atomic E-state index is 12.3. The second-order valence-electron chi connectivity index (χ2n) is 6.15. The highest BCUT2D eigenvalue weighted by Gasteiger charge is 2.30. The van der Waals surface area contributed by atoms with Crippen molar-refractivity contribution >= 4 is 5.91 Å². The summed E-state index contributed by atoms with van der Waals surface area (Å²) in [4.78, 5) is 18.6. The minimum Gasteiger partial charge on any atom is -0.497 e. The molecule has 0 aliphatic carbocycles. The van der Waals surface area contributed by atoms with Crippen LogP contribution in [0.3, 0.4) is 0 Å². The number of benzene rings is 1. The maximum Gasteiger partial charge on any atom is 0.231 e. The first-order valence-electron chi connectivity index (χ1n) is 8.41. The molecule has 3 rings (SSSR count). The van der Waals surface area contributed by atoms with E-state index in [-0.39, 0.29) is 11.8 Å². The first-order valence-corrected chi connectivity index (χ1v) is 8.41. The van der Waals surface area contributed by atoms with Crippen LogP contribution in [0.25, 0.3) is 0 Å². The number of methoxy groups -OCH3 is 2. The van der Waals surface area contributed by atoms with Crippen molar-refractivity contribution in [1.82, 2.24) is 15.0 Å². The van der Waals surface area contributed by atoms with Crippen molar-refractivity contribution in [1.29, 1.82) is 0 Å². The van der Waals surface area contributed by atoms with Crippen molar-refractivity contribution in [2.45, 2.75) is 31.7 Å². The van der Waals surface area contributed by atoms with Gasteiger partial charge in [-0.3, -0.25) is 4.79 Å². The Hall–Kier alpha value is -2.41. The van der Waals surface area contributed by atoms with Gasteiger partial charge in [-0.05, 0) is 24.1 Å². The number of amides is 1. The number of nitrogens with zero attached hydrogens (tertiary/aromatic N) is 3. The Kier molecular flexibility index (Phi) is 5.65. The molecule has 1 unspecified atom stereocenters. The van der Waals surface area contributed by atoms with Gasteiger partial charge < -0.3 is 18.9 Å². The lowest BCUT2D eigenvalue weighted by Gasteiger charge is -2.31. The summed E-state index contributed by atoms with van der Waals surface area (Å²) in [5.41, 5.74) is 1.04. The van der Waals surface area contributed by atoms with Gasteiger partial charge >= 0.3 is 0 Å². The zero-order valence-corrected chi connectivity index (χ0v) is 14.6. The largest absolute Gasteiger partial charge is 0.497 e. The van der Waals surface area contributed by atoms with E-state index in [2.05, 4.69) is 10.1 Å². The van der Waals surface area contributed by atoms with Crippen molar-refractivity contribution in [2.24, 2.45) is 0 Å². The molecule has 7 heteroatoms. The SMILES string of the molecule is COCCc1noc(C2CCC(=O)N(Cc3cccc(OC)c3)C2)n1. The number of carbonyl (C=O) groups is 1. The summed E-state index contributed by atoms with van der Waals surface area (Å²) in [6.45, 7) is 1.70. The van der Waals surface area contributed by atoms with Crippen molar-refractivity contribution in [3.05, 3.63) is 41.5 Å². The molecule has 0 bridgehead atoms. The van der Waals surface area contributed by atoms with E-state index in [1.807, 2.05) is 29.2 Å². The fourth-order valence-corrected chi connectivity index (χ4v) is 2.99. The van der Waals surface area contributed by atoms with Gasteiger partial charge in [0, 0.05) is 33.0 Å². The number of piperidine rings is 1. The lowest BCUT2D eigenvalue weighted by atomic mass is 9.97. The topological polar surface area (TPSA) is 77.7 Å². The Morgan fingerprint density at radius 2 is 2.24 bits per heavy atom. The highest BCUT2D eigenvalue weighted by Crippen LogP contribution is 2.28. The molecule has 1 amide bonds. The fourth-order valence-electron chi connectivity index (χ4n) is 2.99. The monoisotopic (exact) mass is 345 g/mol. The molecule has 1 aliphatic heterocycles. The summed E-state index contributed by atoms with van der Waals surface area (Å²) < 4.78 is 15.7. The molecule has 1 aromatic heterocycles. The van der Waals surface area contributed by atoms with Gasteiger partial charge in [0.2, 0.25) is 11.8 Å². The number of aromatic nitrogens is 2. The molecule has 25 heavy (non-hydrogen) atoms. The predicted octanol–water partition coefficient (Wildman–Crippen LogP) is 2.17.